The lowest BCUT2D eigenvalue weighted by Gasteiger charge is -2.28. The number of methoxy groups -OCH3 is 2. The Hall–Kier alpha value is -3.33. The van der Waals surface area contributed by atoms with E-state index in [9.17, 15) is 4.39 Å². The second-order valence-corrected chi connectivity index (χ2v) is 11.7. The van der Waals surface area contributed by atoms with E-state index in [1.807, 2.05) is 24.4 Å². The Morgan fingerprint density at radius 1 is 1.00 bits per heavy atom. The molecule has 2 heterocycles. The van der Waals surface area contributed by atoms with Crippen molar-refractivity contribution in [2.45, 2.75) is 43.4 Å². The maximum atomic E-state index is 13.8. The van der Waals surface area contributed by atoms with Gasteiger partial charge in [-0.25, -0.2) is 9.37 Å². The zero-order valence-electron chi connectivity index (χ0n) is 24.1. The third-order valence-corrected chi connectivity index (χ3v) is 8.59. The summed E-state index contributed by atoms with van der Waals surface area (Å²) in [5.41, 5.74) is 4.93. The van der Waals surface area contributed by atoms with Crippen molar-refractivity contribution in [3.63, 3.8) is 0 Å². The lowest BCUT2D eigenvalue weighted by atomic mass is 9.81. The molecule has 0 bridgehead atoms. The van der Waals surface area contributed by atoms with Crippen molar-refractivity contribution in [1.82, 2.24) is 9.55 Å². The Kier molecular flexibility index (Phi) is 9.32. The van der Waals surface area contributed by atoms with Crippen LogP contribution in [0.3, 0.4) is 0 Å². The predicted molar refractivity (Wildman–Crippen MR) is 160 cm³/mol. The largest absolute Gasteiger partial charge is 0.493 e. The Morgan fingerprint density at radius 2 is 1.76 bits per heavy atom. The second-order valence-electron chi connectivity index (χ2n) is 10.6. The SMILES string of the molecule is COc1ccc(C(C)(C)c2cnc(SCCOCc3ccc(C4CCOC4)cc3)n2-c2ccc(F)cc2)cc1OC. The van der Waals surface area contributed by atoms with Crippen LogP contribution in [0.5, 0.6) is 11.5 Å². The van der Waals surface area contributed by atoms with E-state index in [0.29, 0.717) is 30.6 Å². The Bertz CT molecular complexity index is 1430. The van der Waals surface area contributed by atoms with Crippen molar-refractivity contribution >= 4 is 11.8 Å². The van der Waals surface area contributed by atoms with Crippen LogP contribution in [0.15, 0.2) is 78.1 Å². The molecule has 3 aromatic carbocycles. The topological polar surface area (TPSA) is 54.7 Å². The molecule has 0 amide bonds. The minimum absolute atomic E-state index is 0.276. The van der Waals surface area contributed by atoms with Gasteiger partial charge >= 0.3 is 0 Å². The van der Waals surface area contributed by atoms with Crippen LogP contribution in [0, 0.1) is 5.82 Å². The number of halogens is 1. The van der Waals surface area contributed by atoms with Gasteiger partial charge in [0.25, 0.3) is 0 Å². The number of imidazole rings is 1. The average Bonchev–Trinajstić information content (AvgIpc) is 3.69. The Balaban J connectivity index is 1.29. The van der Waals surface area contributed by atoms with Gasteiger partial charge in [0.1, 0.15) is 5.82 Å². The molecule has 1 aromatic heterocycles. The molecule has 8 heteroatoms. The van der Waals surface area contributed by atoms with Crippen molar-refractivity contribution in [2.24, 2.45) is 0 Å². The summed E-state index contributed by atoms with van der Waals surface area (Å²) in [6.07, 6.45) is 2.99. The molecule has 0 aliphatic carbocycles. The van der Waals surface area contributed by atoms with E-state index in [1.165, 1.54) is 17.7 Å². The molecule has 0 N–H and O–H groups in total. The smallest absolute Gasteiger partial charge is 0.172 e. The van der Waals surface area contributed by atoms with Crippen LogP contribution in [0.1, 0.15) is 48.6 Å². The van der Waals surface area contributed by atoms with Crippen molar-refractivity contribution in [3.8, 4) is 17.2 Å². The van der Waals surface area contributed by atoms with E-state index in [1.54, 1.807) is 38.1 Å². The van der Waals surface area contributed by atoms with E-state index < -0.39 is 5.41 Å². The summed E-state index contributed by atoms with van der Waals surface area (Å²) in [6.45, 7) is 7.09. The first-order valence-electron chi connectivity index (χ1n) is 13.8. The summed E-state index contributed by atoms with van der Waals surface area (Å²) in [7, 11) is 3.26. The number of nitrogens with zero attached hydrogens (tertiary/aromatic N) is 2. The van der Waals surface area contributed by atoms with Gasteiger partial charge in [-0.15, -0.1) is 0 Å². The first-order chi connectivity index (χ1) is 19.9. The molecule has 1 unspecified atom stereocenters. The van der Waals surface area contributed by atoms with Crippen LogP contribution >= 0.6 is 11.8 Å². The second kappa shape index (κ2) is 13.1. The number of aromatic nitrogens is 2. The van der Waals surface area contributed by atoms with Crippen molar-refractivity contribution in [1.29, 1.82) is 0 Å². The summed E-state index contributed by atoms with van der Waals surface area (Å²) < 4.78 is 38.5. The van der Waals surface area contributed by atoms with Gasteiger partial charge in [0, 0.05) is 29.4 Å². The lowest BCUT2D eigenvalue weighted by molar-refractivity contribution is 0.136. The lowest BCUT2D eigenvalue weighted by Crippen LogP contribution is -2.23. The van der Waals surface area contributed by atoms with Gasteiger partial charge in [-0.05, 0) is 59.5 Å². The molecular formula is C33H37FN2O4S. The molecular weight excluding hydrogens is 539 g/mol. The third-order valence-electron chi connectivity index (χ3n) is 7.67. The maximum absolute atomic E-state index is 13.8. The molecule has 4 aromatic rings. The van der Waals surface area contributed by atoms with Crippen molar-refractivity contribution in [2.75, 3.05) is 39.8 Å². The van der Waals surface area contributed by atoms with Gasteiger partial charge in [0.2, 0.25) is 0 Å². The third kappa shape index (κ3) is 6.61. The van der Waals surface area contributed by atoms with Gasteiger partial charge in [0.05, 0.1) is 45.9 Å². The molecule has 1 saturated heterocycles. The van der Waals surface area contributed by atoms with Crippen molar-refractivity contribution in [3.05, 3.63) is 101 Å². The highest BCUT2D eigenvalue weighted by atomic mass is 32.2. The first kappa shape index (κ1) is 29.2. The average molecular weight is 577 g/mol. The van der Waals surface area contributed by atoms with Crippen LogP contribution in [0.4, 0.5) is 4.39 Å². The van der Waals surface area contributed by atoms with Gasteiger partial charge in [-0.1, -0.05) is 55.9 Å². The Morgan fingerprint density at radius 3 is 2.44 bits per heavy atom. The number of thioether (sulfide) groups is 1. The van der Waals surface area contributed by atoms with Crippen LogP contribution in [0.25, 0.3) is 5.69 Å². The van der Waals surface area contributed by atoms with Crippen LogP contribution in [-0.4, -0.2) is 49.3 Å². The molecule has 41 heavy (non-hydrogen) atoms. The first-order valence-corrected chi connectivity index (χ1v) is 14.8. The predicted octanol–water partition coefficient (Wildman–Crippen LogP) is 7.17. The molecule has 1 aliphatic heterocycles. The number of benzene rings is 3. The highest BCUT2D eigenvalue weighted by Gasteiger charge is 2.30. The van der Waals surface area contributed by atoms with Gasteiger partial charge in [-0.2, -0.15) is 0 Å². The minimum Gasteiger partial charge on any atom is -0.493 e. The number of rotatable bonds is 12. The van der Waals surface area contributed by atoms with Crippen molar-refractivity contribution < 1.29 is 23.3 Å². The summed E-state index contributed by atoms with van der Waals surface area (Å²) in [5.74, 6) is 2.30. The quantitative estimate of drug-likeness (QED) is 0.132. The van der Waals surface area contributed by atoms with E-state index >= 15 is 0 Å². The normalized spacial score (nSPS) is 15.3. The summed E-state index contributed by atoms with van der Waals surface area (Å²) in [6, 6.07) is 21.1. The maximum Gasteiger partial charge on any atom is 0.172 e. The van der Waals surface area contributed by atoms with Gasteiger partial charge < -0.3 is 18.9 Å². The van der Waals surface area contributed by atoms with Gasteiger partial charge in [-0.3, -0.25) is 4.57 Å². The van der Waals surface area contributed by atoms with Crippen LogP contribution in [-0.2, 0) is 21.5 Å². The van der Waals surface area contributed by atoms with Crippen LogP contribution < -0.4 is 9.47 Å². The standard InChI is InChI=1S/C33H37FN2O4S/c1-33(2,26-9-14-29(37-3)30(19-26)38-4)31-20-35-32(36(31)28-12-10-27(34)11-13-28)41-18-17-40-21-23-5-7-24(8-6-23)25-15-16-39-22-25/h5-14,19-20,25H,15-18,21-22H2,1-4H3. The molecule has 0 saturated carbocycles. The highest BCUT2D eigenvalue weighted by molar-refractivity contribution is 7.99. The molecule has 5 rings (SSSR count). The minimum atomic E-state index is -0.437. The zero-order chi connectivity index (χ0) is 28.8. The highest BCUT2D eigenvalue weighted by Crippen LogP contribution is 2.39. The fourth-order valence-corrected chi connectivity index (χ4v) is 6.00. The van der Waals surface area contributed by atoms with E-state index in [2.05, 4.69) is 42.7 Å². The Labute approximate surface area is 245 Å². The summed E-state index contributed by atoms with van der Waals surface area (Å²) >= 11 is 1.62. The fourth-order valence-electron chi connectivity index (χ4n) is 5.16. The molecule has 0 spiro atoms. The number of hydrogen-bond acceptors (Lipinski definition) is 6. The van der Waals surface area contributed by atoms with Crippen LogP contribution in [0.2, 0.25) is 0 Å². The summed E-state index contributed by atoms with van der Waals surface area (Å²) in [5, 5.41) is 0.826. The van der Waals surface area contributed by atoms with E-state index in [-0.39, 0.29) is 5.82 Å². The monoisotopic (exact) mass is 576 g/mol. The molecule has 6 nitrogen and oxygen atoms in total. The molecule has 1 aliphatic rings. The fraction of sp³-hybridized carbons (Fsp3) is 0.364. The molecule has 216 valence electrons. The van der Waals surface area contributed by atoms with E-state index in [0.717, 1.165) is 53.1 Å². The van der Waals surface area contributed by atoms with Gasteiger partial charge in [0.15, 0.2) is 16.7 Å². The molecule has 1 atom stereocenters. The molecule has 1 fully saturated rings. The zero-order valence-corrected chi connectivity index (χ0v) is 24.9. The number of ether oxygens (including phenoxy) is 4. The number of hydrogen-bond donors (Lipinski definition) is 0. The summed E-state index contributed by atoms with van der Waals surface area (Å²) in [4.78, 5) is 4.80. The van der Waals surface area contributed by atoms with E-state index in [4.69, 9.17) is 23.9 Å². The molecule has 0 radical (unpaired) electrons.